The third-order valence-electron chi connectivity index (χ3n) is 3.45. The fraction of sp³-hybridized carbons (Fsp3) is 0.438. The van der Waals surface area contributed by atoms with Crippen LogP contribution >= 0.6 is 0 Å². The van der Waals surface area contributed by atoms with Crippen molar-refractivity contribution in [2.45, 2.75) is 26.5 Å². The van der Waals surface area contributed by atoms with Gasteiger partial charge in [0.25, 0.3) is 0 Å². The Morgan fingerprint density at radius 3 is 2.65 bits per heavy atom. The van der Waals surface area contributed by atoms with Crippen LogP contribution in [0.4, 0.5) is 0 Å². The van der Waals surface area contributed by atoms with Crippen LogP contribution in [0.5, 0.6) is 0 Å². The van der Waals surface area contributed by atoms with E-state index in [4.69, 9.17) is 0 Å². The molecule has 1 aromatic carbocycles. The summed E-state index contributed by atoms with van der Waals surface area (Å²) in [6.07, 6.45) is 0.918. The van der Waals surface area contributed by atoms with Crippen molar-refractivity contribution in [1.29, 1.82) is 0 Å². The van der Waals surface area contributed by atoms with E-state index < -0.39 is 6.10 Å². The molecule has 7 heteroatoms. The molecule has 1 heterocycles. The maximum Gasteiger partial charge on any atom is 0.191 e. The zero-order valence-corrected chi connectivity index (χ0v) is 13.8. The SMILES string of the molecule is CCNC(=NCc1ncnn1C)NCC(O)c1ccc(C)cc1. The first-order valence-corrected chi connectivity index (χ1v) is 7.69. The Bertz CT molecular complexity index is 634. The average molecular weight is 316 g/mol. The molecule has 0 aliphatic carbocycles. The second kappa shape index (κ2) is 8.28. The number of hydrogen-bond donors (Lipinski definition) is 3. The van der Waals surface area contributed by atoms with Crippen LogP contribution in [-0.4, -0.2) is 38.9 Å². The fourth-order valence-electron chi connectivity index (χ4n) is 2.05. The van der Waals surface area contributed by atoms with Gasteiger partial charge in [-0.05, 0) is 19.4 Å². The molecule has 124 valence electrons. The molecule has 3 N–H and O–H groups in total. The minimum atomic E-state index is -0.589. The van der Waals surface area contributed by atoms with Gasteiger partial charge in [-0.2, -0.15) is 5.10 Å². The van der Waals surface area contributed by atoms with Crippen molar-refractivity contribution in [1.82, 2.24) is 25.4 Å². The number of guanidine groups is 1. The molecule has 7 nitrogen and oxygen atoms in total. The lowest BCUT2D eigenvalue weighted by Crippen LogP contribution is -2.39. The molecular weight excluding hydrogens is 292 g/mol. The number of rotatable bonds is 6. The van der Waals surface area contributed by atoms with Gasteiger partial charge in [0.15, 0.2) is 5.96 Å². The van der Waals surface area contributed by atoms with Crippen molar-refractivity contribution in [3.8, 4) is 0 Å². The summed E-state index contributed by atoms with van der Waals surface area (Å²) in [6, 6.07) is 7.86. The van der Waals surface area contributed by atoms with Crippen molar-refractivity contribution >= 4 is 5.96 Å². The van der Waals surface area contributed by atoms with E-state index in [0.717, 1.165) is 17.9 Å². The number of nitrogens with zero attached hydrogens (tertiary/aromatic N) is 4. The van der Waals surface area contributed by atoms with Crippen LogP contribution in [0.1, 0.15) is 30.0 Å². The largest absolute Gasteiger partial charge is 0.387 e. The van der Waals surface area contributed by atoms with E-state index in [1.807, 2.05) is 45.2 Å². The van der Waals surface area contributed by atoms with Crippen LogP contribution in [0.25, 0.3) is 0 Å². The van der Waals surface area contributed by atoms with Gasteiger partial charge in [0.05, 0.1) is 6.10 Å². The number of benzene rings is 1. The molecule has 23 heavy (non-hydrogen) atoms. The van der Waals surface area contributed by atoms with Crippen LogP contribution in [0, 0.1) is 6.92 Å². The molecule has 0 amide bonds. The zero-order chi connectivity index (χ0) is 16.7. The van der Waals surface area contributed by atoms with Gasteiger partial charge < -0.3 is 15.7 Å². The Kier molecular flexibility index (Phi) is 6.10. The molecule has 1 unspecified atom stereocenters. The van der Waals surface area contributed by atoms with Crippen LogP contribution in [0.15, 0.2) is 35.6 Å². The predicted octanol–water partition coefficient (Wildman–Crippen LogP) is 0.912. The molecule has 2 aromatic rings. The monoisotopic (exact) mass is 316 g/mol. The number of nitrogens with one attached hydrogen (secondary N) is 2. The minimum absolute atomic E-state index is 0.383. The summed E-state index contributed by atoms with van der Waals surface area (Å²) in [6.45, 7) is 5.57. The van der Waals surface area contributed by atoms with E-state index in [1.165, 1.54) is 11.9 Å². The second-order valence-electron chi connectivity index (χ2n) is 5.30. The Morgan fingerprint density at radius 2 is 2.04 bits per heavy atom. The highest BCUT2D eigenvalue weighted by molar-refractivity contribution is 5.79. The smallest absolute Gasteiger partial charge is 0.191 e. The van der Waals surface area contributed by atoms with Crippen molar-refractivity contribution in [2.24, 2.45) is 12.0 Å². The first-order valence-electron chi connectivity index (χ1n) is 7.69. The standard InChI is InChI=1S/C16H24N6O/c1-4-17-16(19-10-15-20-11-21-22(15)3)18-9-14(23)13-7-5-12(2)6-8-13/h5-8,11,14,23H,4,9-10H2,1-3H3,(H2,17,18,19). The van der Waals surface area contributed by atoms with Gasteiger partial charge in [0, 0.05) is 20.1 Å². The summed E-state index contributed by atoms with van der Waals surface area (Å²) in [5.74, 6) is 1.42. The van der Waals surface area contributed by atoms with E-state index in [9.17, 15) is 5.11 Å². The summed E-state index contributed by atoms with van der Waals surface area (Å²) in [7, 11) is 1.83. The summed E-state index contributed by atoms with van der Waals surface area (Å²) in [5, 5.41) is 20.6. The van der Waals surface area contributed by atoms with Gasteiger partial charge in [0.1, 0.15) is 18.7 Å². The molecule has 0 aliphatic rings. The maximum atomic E-state index is 10.3. The van der Waals surface area contributed by atoms with Gasteiger partial charge in [-0.3, -0.25) is 4.68 Å². The molecular formula is C16H24N6O. The molecule has 0 spiro atoms. The maximum absolute atomic E-state index is 10.3. The second-order valence-corrected chi connectivity index (χ2v) is 5.30. The van der Waals surface area contributed by atoms with E-state index in [2.05, 4.69) is 25.7 Å². The predicted molar refractivity (Wildman–Crippen MR) is 90.0 cm³/mol. The Morgan fingerprint density at radius 1 is 1.30 bits per heavy atom. The Balaban J connectivity index is 1.93. The van der Waals surface area contributed by atoms with E-state index in [0.29, 0.717) is 19.0 Å². The van der Waals surface area contributed by atoms with Gasteiger partial charge in [-0.1, -0.05) is 29.8 Å². The number of aliphatic imine (C=N–C) groups is 1. The zero-order valence-electron chi connectivity index (χ0n) is 13.8. The van der Waals surface area contributed by atoms with Gasteiger partial charge in [-0.15, -0.1) is 0 Å². The van der Waals surface area contributed by atoms with Crippen molar-refractivity contribution < 1.29 is 5.11 Å². The fourth-order valence-corrected chi connectivity index (χ4v) is 2.05. The van der Waals surface area contributed by atoms with Gasteiger partial charge in [-0.25, -0.2) is 9.98 Å². The molecule has 1 aromatic heterocycles. The third kappa shape index (κ3) is 5.07. The molecule has 2 rings (SSSR count). The highest BCUT2D eigenvalue weighted by Gasteiger charge is 2.08. The number of aliphatic hydroxyl groups excluding tert-OH is 1. The van der Waals surface area contributed by atoms with Gasteiger partial charge in [0.2, 0.25) is 0 Å². The van der Waals surface area contributed by atoms with E-state index in [-0.39, 0.29) is 0 Å². The number of aliphatic hydroxyl groups is 1. The number of aryl methyl sites for hydroxylation is 2. The normalized spacial score (nSPS) is 13.0. The van der Waals surface area contributed by atoms with Crippen molar-refractivity contribution in [3.63, 3.8) is 0 Å². The molecule has 0 radical (unpaired) electrons. The number of aromatic nitrogens is 3. The first kappa shape index (κ1) is 17.0. The van der Waals surface area contributed by atoms with E-state index in [1.54, 1.807) is 4.68 Å². The summed E-state index contributed by atoms with van der Waals surface area (Å²) in [4.78, 5) is 8.60. The van der Waals surface area contributed by atoms with Crippen molar-refractivity contribution in [2.75, 3.05) is 13.1 Å². The Hall–Kier alpha value is -2.41. The molecule has 0 bridgehead atoms. The quantitative estimate of drug-likeness (QED) is 0.545. The Labute approximate surface area is 136 Å². The lowest BCUT2D eigenvalue weighted by Gasteiger charge is -2.15. The van der Waals surface area contributed by atoms with Crippen LogP contribution in [-0.2, 0) is 13.6 Å². The summed E-state index contributed by atoms with van der Waals surface area (Å²) >= 11 is 0. The highest BCUT2D eigenvalue weighted by Crippen LogP contribution is 2.12. The third-order valence-corrected chi connectivity index (χ3v) is 3.45. The first-order chi connectivity index (χ1) is 11.1. The molecule has 0 aliphatic heterocycles. The lowest BCUT2D eigenvalue weighted by atomic mass is 10.1. The van der Waals surface area contributed by atoms with E-state index >= 15 is 0 Å². The number of hydrogen-bond acceptors (Lipinski definition) is 4. The van der Waals surface area contributed by atoms with Crippen molar-refractivity contribution in [3.05, 3.63) is 47.5 Å². The van der Waals surface area contributed by atoms with Gasteiger partial charge >= 0.3 is 0 Å². The van der Waals surface area contributed by atoms with Crippen LogP contribution in [0.2, 0.25) is 0 Å². The van der Waals surface area contributed by atoms with Crippen LogP contribution in [0.3, 0.4) is 0 Å². The minimum Gasteiger partial charge on any atom is -0.387 e. The summed E-state index contributed by atoms with van der Waals surface area (Å²) in [5.41, 5.74) is 2.06. The molecule has 1 atom stereocenters. The highest BCUT2D eigenvalue weighted by atomic mass is 16.3. The molecule has 0 saturated carbocycles. The average Bonchev–Trinajstić information content (AvgIpc) is 2.95. The summed E-state index contributed by atoms with van der Waals surface area (Å²) < 4.78 is 1.69. The lowest BCUT2D eigenvalue weighted by molar-refractivity contribution is 0.181. The topological polar surface area (TPSA) is 87.4 Å². The van der Waals surface area contributed by atoms with Crippen LogP contribution < -0.4 is 10.6 Å². The molecule has 0 saturated heterocycles. The molecule has 0 fully saturated rings.